The second-order valence-corrected chi connectivity index (χ2v) is 7.66. The Bertz CT molecular complexity index is 691. The highest BCUT2D eigenvalue weighted by atomic mass is 16.5. The van der Waals surface area contributed by atoms with Crippen molar-refractivity contribution in [1.82, 2.24) is 15.1 Å². The average Bonchev–Trinajstić information content (AvgIpc) is 3.17. The average molecular weight is 360 g/mol. The Hall–Kier alpha value is -2.12. The molecule has 0 unspecified atom stereocenters. The Morgan fingerprint density at radius 3 is 2.69 bits per heavy atom. The first-order valence-electron chi connectivity index (χ1n) is 8.96. The van der Waals surface area contributed by atoms with Gasteiger partial charge in [0.25, 0.3) is 0 Å². The standard InChI is InChI=1S/C19H28N4O3/c1-21(2)10-9-20-17(24)16-11-19(13-26-16)12-23(18(25)22(3)4)15-8-6-5-7-14(15)19/h5-8,16H,9-13H2,1-4H3,(H,20,24)/t16-,19-/m0/s1. The number of fused-ring (bicyclic) bond motifs is 2. The van der Waals surface area contributed by atoms with E-state index in [-0.39, 0.29) is 17.4 Å². The molecule has 1 N–H and O–H groups in total. The van der Waals surface area contributed by atoms with Crippen LogP contribution in [-0.4, -0.2) is 82.3 Å². The van der Waals surface area contributed by atoms with Crippen LogP contribution in [0.4, 0.5) is 10.5 Å². The van der Waals surface area contributed by atoms with Crippen molar-refractivity contribution in [3.63, 3.8) is 0 Å². The first-order valence-corrected chi connectivity index (χ1v) is 8.96. The molecule has 1 spiro atoms. The lowest BCUT2D eigenvalue weighted by Crippen LogP contribution is -2.43. The largest absolute Gasteiger partial charge is 0.367 e. The van der Waals surface area contributed by atoms with Crippen LogP contribution in [0.2, 0.25) is 0 Å². The highest BCUT2D eigenvalue weighted by Crippen LogP contribution is 2.47. The SMILES string of the molecule is CN(C)CCNC(=O)[C@@H]1C[C@@]2(CO1)CN(C(=O)N(C)C)c1ccccc12. The van der Waals surface area contributed by atoms with E-state index in [2.05, 4.69) is 5.32 Å². The molecule has 0 bridgehead atoms. The lowest BCUT2D eigenvalue weighted by atomic mass is 9.80. The molecule has 0 saturated carbocycles. The van der Waals surface area contributed by atoms with Gasteiger partial charge in [0.05, 0.1) is 6.61 Å². The molecule has 0 aliphatic carbocycles. The third-order valence-corrected chi connectivity index (χ3v) is 5.13. The molecule has 0 radical (unpaired) electrons. The smallest absolute Gasteiger partial charge is 0.323 e. The second kappa shape index (κ2) is 7.25. The molecule has 1 aromatic carbocycles. The summed E-state index contributed by atoms with van der Waals surface area (Å²) >= 11 is 0. The highest BCUT2D eigenvalue weighted by Gasteiger charge is 2.51. The van der Waals surface area contributed by atoms with E-state index in [0.29, 0.717) is 26.1 Å². The van der Waals surface area contributed by atoms with E-state index < -0.39 is 6.10 Å². The van der Waals surface area contributed by atoms with Crippen LogP contribution in [0.5, 0.6) is 0 Å². The number of likely N-dealkylation sites (N-methyl/N-ethyl adjacent to an activating group) is 1. The van der Waals surface area contributed by atoms with E-state index in [0.717, 1.165) is 17.8 Å². The summed E-state index contributed by atoms with van der Waals surface area (Å²) in [6.07, 6.45) is 0.120. The molecule has 2 atom stereocenters. The minimum atomic E-state index is -0.473. The zero-order valence-electron chi connectivity index (χ0n) is 16.0. The van der Waals surface area contributed by atoms with Crippen molar-refractivity contribution < 1.29 is 14.3 Å². The van der Waals surface area contributed by atoms with Crippen LogP contribution in [-0.2, 0) is 14.9 Å². The van der Waals surface area contributed by atoms with Gasteiger partial charge in [0.2, 0.25) is 5.91 Å². The molecule has 0 aromatic heterocycles. The molecule has 1 saturated heterocycles. The number of carbonyl (C=O) groups excluding carboxylic acids is 2. The van der Waals surface area contributed by atoms with E-state index in [4.69, 9.17) is 4.74 Å². The van der Waals surface area contributed by atoms with E-state index in [1.165, 1.54) is 0 Å². The molecular weight excluding hydrogens is 332 g/mol. The number of nitrogens with one attached hydrogen (secondary N) is 1. The molecule has 2 aliphatic rings. The van der Waals surface area contributed by atoms with Crippen molar-refractivity contribution >= 4 is 17.6 Å². The van der Waals surface area contributed by atoms with E-state index in [1.54, 1.807) is 23.9 Å². The van der Waals surface area contributed by atoms with E-state index in [1.807, 2.05) is 43.3 Å². The monoisotopic (exact) mass is 360 g/mol. The molecule has 7 heteroatoms. The lowest BCUT2D eigenvalue weighted by Gasteiger charge is -2.25. The molecule has 7 nitrogen and oxygen atoms in total. The number of para-hydroxylation sites is 1. The summed E-state index contributed by atoms with van der Waals surface area (Å²) in [6.45, 7) is 2.38. The first-order chi connectivity index (χ1) is 12.3. The van der Waals surface area contributed by atoms with Crippen LogP contribution in [0.25, 0.3) is 0 Å². The number of rotatable bonds is 4. The lowest BCUT2D eigenvalue weighted by molar-refractivity contribution is -0.130. The van der Waals surface area contributed by atoms with Gasteiger partial charge in [-0.3, -0.25) is 9.69 Å². The van der Waals surface area contributed by atoms with Crippen molar-refractivity contribution in [2.24, 2.45) is 0 Å². The van der Waals surface area contributed by atoms with Gasteiger partial charge in [0.1, 0.15) is 6.10 Å². The molecule has 26 heavy (non-hydrogen) atoms. The number of ether oxygens (including phenoxy) is 1. The third-order valence-electron chi connectivity index (χ3n) is 5.13. The zero-order chi connectivity index (χ0) is 18.9. The number of amides is 3. The van der Waals surface area contributed by atoms with Crippen molar-refractivity contribution in [1.29, 1.82) is 0 Å². The molecular formula is C19H28N4O3. The minimum absolute atomic E-state index is 0.0480. The van der Waals surface area contributed by atoms with Gasteiger partial charge >= 0.3 is 6.03 Å². The first kappa shape index (κ1) is 18.7. The Balaban J connectivity index is 1.75. The van der Waals surface area contributed by atoms with Crippen molar-refractivity contribution in [2.45, 2.75) is 17.9 Å². The maximum Gasteiger partial charge on any atom is 0.323 e. The molecule has 2 aliphatic heterocycles. The van der Waals surface area contributed by atoms with Crippen LogP contribution in [0.15, 0.2) is 24.3 Å². The maximum absolute atomic E-state index is 12.6. The normalized spacial score (nSPS) is 24.2. The summed E-state index contributed by atoms with van der Waals surface area (Å²) < 4.78 is 5.88. The van der Waals surface area contributed by atoms with Gasteiger partial charge in [0.15, 0.2) is 0 Å². The number of nitrogens with zero attached hydrogens (tertiary/aromatic N) is 3. The summed E-state index contributed by atoms with van der Waals surface area (Å²) in [7, 11) is 7.45. The van der Waals surface area contributed by atoms with E-state index >= 15 is 0 Å². The zero-order valence-corrected chi connectivity index (χ0v) is 16.0. The number of benzene rings is 1. The maximum atomic E-state index is 12.6. The Kier molecular flexibility index (Phi) is 5.20. The number of carbonyl (C=O) groups is 2. The van der Waals surface area contributed by atoms with Gasteiger partial charge in [-0.1, -0.05) is 18.2 Å². The van der Waals surface area contributed by atoms with Crippen LogP contribution in [0.1, 0.15) is 12.0 Å². The molecule has 3 rings (SSSR count). The summed E-state index contributed by atoms with van der Waals surface area (Å²) in [6, 6.07) is 7.89. The van der Waals surface area contributed by atoms with Crippen LogP contribution in [0.3, 0.4) is 0 Å². The van der Waals surface area contributed by atoms with Gasteiger partial charge in [0, 0.05) is 44.8 Å². The molecule has 1 aromatic rings. The summed E-state index contributed by atoms with van der Waals surface area (Å²) in [5.41, 5.74) is 1.70. The van der Waals surface area contributed by atoms with Crippen molar-refractivity contribution in [3.05, 3.63) is 29.8 Å². The van der Waals surface area contributed by atoms with Crippen LogP contribution >= 0.6 is 0 Å². The Morgan fingerprint density at radius 1 is 1.27 bits per heavy atom. The van der Waals surface area contributed by atoms with Gasteiger partial charge in [-0.2, -0.15) is 0 Å². The number of hydrogen-bond acceptors (Lipinski definition) is 4. The quantitative estimate of drug-likeness (QED) is 0.866. The number of anilines is 1. The Labute approximate surface area is 154 Å². The van der Waals surface area contributed by atoms with Gasteiger partial charge < -0.3 is 19.9 Å². The fourth-order valence-electron chi connectivity index (χ4n) is 3.76. The minimum Gasteiger partial charge on any atom is -0.367 e. The second-order valence-electron chi connectivity index (χ2n) is 7.66. The fraction of sp³-hybridized carbons (Fsp3) is 0.579. The topological polar surface area (TPSA) is 65.1 Å². The summed E-state index contributed by atoms with van der Waals surface area (Å²) in [5.74, 6) is -0.0707. The molecule has 142 valence electrons. The predicted molar refractivity (Wildman–Crippen MR) is 100 cm³/mol. The van der Waals surface area contributed by atoms with Gasteiger partial charge in [-0.15, -0.1) is 0 Å². The molecule has 3 amide bonds. The summed E-state index contributed by atoms with van der Waals surface area (Å²) in [4.78, 5) is 30.5. The number of urea groups is 1. The molecule has 1 fully saturated rings. The Morgan fingerprint density at radius 2 is 2.00 bits per heavy atom. The van der Waals surface area contributed by atoms with Gasteiger partial charge in [-0.05, 0) is 32.1 Å². The van der Waals surface area contributed by atoms with Crippen molar-refractivity contribution in [2.75, 3.05) is 59.3 Å². The van der Waals surface area contributed by atoms with Crippen LogP contribution < -0.4 is 10.2 Å². The fourth-order valence-corrected chi connectivity index (χ4v) is 3.76. The van der Waals surface area contributed by atoms with Crippen molar-refractivity contribution in [3.8, 4) is 0 Å². The van der Waals surface area contributed by atoms with E-state index in [9.17, 15) is 9.59 Å². The highest BCUT2D eigenvalue weighted by molar-refractivity contribution is 5.95. The summed E-state index contributed by atoms with van der Waals surface area (Å²) in [5, 5.41) is 2.94. The molecule has 2 heterocycles. The van der Waals surface area contributed by atoms with Crippen LogP contribution in [0, 0.1) is 0 Å². The number of hydrogen-bond donors (Lipinski definition) is 1. The van der Waals surface area contributed by atoms with Gasteiger partial charge in [-0.25, -0.2) is 4.79 Å². The predicted octanol–water partition coefficient (Wildman–Crippen LogP) is 0.893. The third kappa shape index (κ3) is 3.41.